The number of hydrogen-bond donors (Lipinski definition) is 2. The average Bonchev–Trinajstić information content (AvgIpc) is 2.36. The molecule has 1 atom stereocenters. The number of aliphatic hydroxyl groups excluding tert-OH is 1. The van der Waals surface area contributed by atoms with Crippen LogP contribution in [0.1, 0.15) is 38.3 Å². The molecule has 0 aliphatic carbocycles. The summed E-state index contributed by atoms with van der Waals surface area (Å²) in [6, 6.07) is 7.45. The van der Waals surface area contributed by atoms with E-state index in [9.17, 15) is 5.11 Å². The van der Waals surface area contributed by atoms with Gasteiger partial charge in [-0.3, -0.25) is 0 Å². The molecule has 1 rings (SSSR count). The van der Waals surface area contributed by atoms with Crippen molar-refractivity contribution < 1.29 is 9.84 Å². The van der Waals surface area contributed by atoms with Crippen molar-refractivity contribution in [2.45, 2.75) is 39.8 Å². The van der Waals surface area contributed by atoms with Crippen LogP contribution in [0.15, 0.2) is 18.2 Å². The first-order valence-corrected chi connectivity index (χ1v) is 6.81. The van der Waals surface area contributed by atoms with Crippen molar-refractivity contribution >= 4 is 0 Å². The first-order valence-electron chi connectivity index (χ1n) is 6.81. The van der Waals surface area contributed by atoms with Crippen LogP contribution in [-0.4, -0.2) is 24.9 Å². The molecule has 1 aromatic rings. The van der Waals surface area contributed by atoms with E-state index in [2.05, 4.69) is 32.2 Å². The van der Waals surface area contributed by atoms with Crippen LogP contribution in [-0.2, 0) is 6.54 Å². The first kappa shape index (κ1) is 16.5. The third kappa shape index (κ3) is 5.60. The van der Waals surface area contributed by atoms with Gasteiger partial charge in [0.2, 0.25) is 0 Å². The summed E-state index contributed by atoms with van der Waals surface area (Å²) in [5.74, 6) is 0.752. The van der Waals surface area contributed by atoms with Gasteiger partial charge in [0.1, 0.15) is 5.75 Å². The van der Waals surface area contributed by atoms with E-state index in [1.54, 1.807) is 19.2 Å². The zero-order valence-corrected chi connectivity index (χ0v) is 12.7. The molecule has 0 heterocycles. The number of hydrogen-bond acceptors (Lipinski definition) is 4. The van der Waals surface area contributed by atoms with E-state index >= 15 is 0 Å². The number of nitrogens with one attached hydrogen (secondary N) is 1. The SMILES string of the molecule is COc1ccc(C#N)cc1CNCC(O)CC(C)(C)C. The van der Waals surface area contributed by atoms with E-state index in [1.165, 1.54) is 0 Å². The largest absolute Gasteiger partial charge is 0.496 e. The minimum atomic E-state index is -0.375. The molecule has 1 aromatic carbocycles. The molecule has 4 heteroatoms. The summed E-state index contributed by atoms with van der Waals surface area (Å²) in [4.78, 5) is 0. The van der Waals surface area contributed by atoms with Crippen LogP contribution in [0.2, 0.25) is 0 Å². The Morgan fingerprint density at radius 2 is 2.10 bits per heavy atom. The van der Waals surface area contributed by atoms with Gasteiger partial charge in [0.05, 0.1) is 24.8 Å². The van der Waals surface area contributed by atoms with E-state index in [-0.39, 0.29) is 11.5 Å². The van der Waals surface area contributed by atoms with Crippen LogP contribution in [0.5, 0.6) is 5.75 Å². The topological polar surface area (TPSA) is 65.3 Å². The van der Waals surface area contributed by atoms with Crippen LogP contribution < -0.4 is 10.1 Å². The van der Waals surface area contributed by atoms with Gasteiger partial charge in [0, 0.05) is 18.7 Å². The van der Waals surface area contributed by atoms with Gasteiger partial charge in [-0.2, -0.15) is 5.26 Å². The van der Waals surface area contributed by atoms with E-state index in [1.807, 2.05) is 6.07 Å². The molecule has 0 radical (unpaired) electrons. The molecule has 2 N–H and O–H groups in total. The Bertz CT molecular complexity index is 472. The highest BCUT2D eigenvalue weighted by atomic mass is 16.5. The van der Waals surface area contributed by atoms with Gasteiger partial charge in [-0.25, -0.2) is 0 Å². The third-order valence-electron chi connectivity index (χ3n) is 2.95. The second-order valence-corrected chi connectivity index (χ2v) is 6.19. The van der Waals surface area contributed by atoms with Crippen molar-refractivity contribution in [1.82, 2.24) is 5.32 Å². The Hall–Kier alpha value is -1.57. The van der Waals surface area contributed by atoms with E-state index in [0.717, 1.165) is 17.7 Å². The fourth-order valence-electron chi connectivity index (χ4n) is 2.14. The summed E-state index contributed by atoms with van der Waals surface area (Å²) < 4.78 is 5.27. The third-order valence-corrected chi connectivity index (χ3v) is 2.95. The maximum absolute atomic E-state index is 9.94. The Morgan fingerprint density at radius 3 is 2.65 bits per heavy atom. The number of rotatable bonds is 6. The molecule has 4 nitrogen and oxygen atoms in total. The van der Waals surface area contributed by atoms with Crippen molar-refractivity contribution in [3.05, 3.63) is 29.3 Å². The standard InChI is InChI=1S/C16H24N2O2/c1-16(2,3)8-14(19)11-18-10-13-7-12(9-17)5-6-15(13)20-4/h5-7,14,18-19H,8,10-11H2,1-4H3. The molecule has 0 saturated heterocycles. The minimum Gasteiger partial charge on any atom is -0.496 e. The molecule has 0 fully saturated rings. The lowest BCUT2D eigenvalue weighted by atomic mass is 9.89. The zero-order chi connectivity index (χ0) is 15.2. The molecule has 0 bridgehead atoms. The maximum Gasteiger partial charge on any atom is 0.123 e. The lowest BCUT2D eigenvalue weighted by Crippen LogP contribution is -2.30. The van der Waals surface area contributed by atoms with E-state index in [4.69, 9.17) is 10.00 Å². The van der Waals surface area contributed by atoms with E-state index in [0.29, 0.717) is 18.7 Å². The summed E-state index contributed by atoms with van der Waals surface area (Å²) in [7, 11) is 1.61. The zero-order valence-electron chi connectivity index (χ0n) is 12.7. The predicted molar refractivity (Wildman–Crippen MR) is 79.5 cm³/mol. The fraction of sp³-hybridized carbons (Fsp3) is 0.562. The van der Waals surface area contributed by atoms with Gasteiger partial charge < -0.3 is 15.2 Å². The van der Waals surface area contributed by atoms with Crippen LogP contribution >= 0.6 is 0 Å². The van der Waals surface area contributed by atoms with Gasteiger partial charge in [-0.1, -0.05) is 20.8 Å². The van der Waals surface area contributed by atoms with Crippen molar-refractivity contribution in [3.63, 3.8) is 0 Å². The van der Waals surface area contributed by atoms with Crippen molar-refractivity contribution in [2.75, 3.05) is 13.7 Å². The normalized spacial score (nSPS) is 12.8. The highest BCUT2D eigenvalue weighted by Gasteiger charge is 2.16. The van der Waals surface area contributed by atoms with Crippen molar-refractivity contribution in [3.8, 4) is 11.8 Å². The number of aliphatic hydroxyl groups is 1. The fourth-order valence-corrected chi connectivity index (χ4v) is 2.14. The summed E-state index contributed by atoms with van der Waals surface area (Å²) in [6.45, 7) is 7.41. The smallest absolute Gasteiger partial charge is 0.123 e. The number of ether oxygens (including phenoxy) is 1. The lowest BCUT2D eigenvalue weighted by molar-refractivity contribution is 0.119. The molecule has 0 saturated carbocycles. The molecule has 110 valence electrons. The van der Waals surface area contributed by atoms with Gasteiger partial charge in [0.25, 0.3) is 0 Å². The molecule has 1 unspecified atom stereocenters. The summed E-state index contributed by atoms with van der Waals surface area (Å²) in [5.41, 5.74) is 1.65. The van der Waals surface area contributed by atoms with E-state index < -0.39 is 0 Å². The lowest BCUT2D eigenvalue weighted by Gasteiger charge is -2.22. The molecule has 0 aromatic heterocycles. The number of nitrogens with zero attached hydrogens (tertiary/aromatic N) is 1. The highest BCUT2D eigenvalue weighted by molar-refractivity contribution is 5.41. The predicted octanol–water partition coefficient (Wildman–Crippen LogP) is 2.45. The average molecular weight is 276 g/mol. The molecule has 0 spiro atoms. The second-order valence-electron chi connectivity index (χ2n) is 6.19. The first-order chi connectivity index (χ1) is 9.35. The Morgan fingerprint density at radius 1 is 1.40 bits per heavy atom. The van der Waals surface area contributed by atoms with Crippen LogP contribution in [0, 0.1) is 16.7 Å². The number of nitriles is 1. The Balaban J connectivity index is 2.55. The Kier molecular flexibility index (Phi) is 6.00. The summed E-state index contributed by atoms with van der Waals surface area (Å²) >= 11 is 0. The van der Waals surface area contributed by atoms with Gasteiger partial charge in [-0.05, 0) is 30.0 Å². The molecule has 0 aliphatic rings. The van der Waals surface area contributed by atoms with Gasteiger partial charge in [0.15, 0.2) is 0 Å². The van der Waals surface area contributed by atoms with Crippen molar-refractivity contribution in [1.29, 1.82) is 5.26 Å². The maximum atomic E-state index is 9.94. The summed E-state index contributed by atoms with van der Waals surface area (Å²) in [6.07, 6.45) is 0.371. The van der Waals surface area contributed by atoms with Gasteiger partial charge >= 0.3 is 0 Å². The van der Waals surface area contributed by atoms with Crippen LogP contribution in [0.25, 0.3) is 0 Å². The second kappa shape index (κ2) is 7.28. The molecule has 0 amide bonds. The number of methoxy groups -OCH3 is 1. The van der Waals surface area contributed by atoms with Gasteiger partial charge in [-0.15, -0.1) is 0 Å². The molecular formula is C16H24N2O2. The molecule has 0 aliphatic heterocycles. The minimum absolute atomic E-state index is 0.111. The highest BCUT2D eigenvalue weighted by Crippen LogP contribution is 2.21. The number of benzene rings is 1. The van der Waals surface area contributed by atoms with Crippen LogP contribution in [0.4, 0.5) is 0 Å². The summed E-state index contributed by atoms with van der Waals surface area (Å²) in [5, 5.41) is 22.1. The molecule has 20 heavy (non-hydrogen) atoms. The Labute approximate surface area is 121 Å². The monoisotopic (exact) mass is 276 g/mol. The van der Waals surface area contributed by atoms with Crippen LogP contribution in [0.3, 0.4) is 0 Å². The molecular weight excluding hydrogens is 252 g/mol. The quantitative estimate of drug-likeness (QED) is 0.837. The van der Waals surface area contributed by atoms with Crippen molar-refractivity contribution in [2.24, 2.45) is 5.41 Å².